The van der Waals surface area contributed by atoms with Crippen molar-refractivity contribution in [3.8, 4) is 0 Å². The molecule has 1 aromatic heterocycles. The molecular weight excluding hydrogens is 462 g/mol. The van der Waals surface area contributed by atoms with Gasteiger partial charge in [-0.3, -0.25) is 4.79 Å². The minimum Gasteiger partial charge on any atom is -0.362 e. The van der Waals surface area contributed by atoms with Crippen molar-refractivity contribution in [1.82, 2.24) is 15.3 Å². The van der Waals surface area contributed by atoms with Gasteiger partial charge in [-0.05, 0) is 61.9 Å². The second-order valence-corrected chi connectivity index (χ2v) is 9.05. The fourth-order valence-corrected chi connectivity index (χ4v) is 4.37. The van der Waals surface area contributed by atoms with Crippen LogP contribution in [0.3, 0.4) is 0 Å². The highest BCUT2D eigenvalue weighted by atomic mass is 19.4. The van der Waals surface area contributed by atoms with Crippen LogP contribution in [0.15, 0.2) is 42.5 Å². The molecule has 1 heterocycles. The average molecular weight is 490 g/mol. The molecule has 6 nitrogen and oxygen atoms in total. The zero-order chi connectivity index (χ0) is 25.2. The topological polar surface area (TPSA) is 70.2 Å². The van der Waals surface area contributed by atoms with Crippen LogP contribution < -0.4 is 15.5 Å². The minimum absolute atomic E-state index is 0.153. The van der Waals surface area contributed by atoms with Crippen LogP contribution in [-0.2, 0) is 6.18 Å². The van der Waals surface area contributed by atoms with Gasteiger partial charge in [-0.1, -0.05) is 12.1 Å². The van der Waals surface area contributed by atoms with Gasteiger partial charge in [0.25, 0.3) is 5.91 Å². The van der Waals surface area contributed by atoms with E-state index in [9.17, 15) is 22.4 Å². The number of hydrogen-bond acceptors (Lipinski definition) is 5. The number of fused-ring (bicyclic) bond motifs is 1. The van der Waals surface area contributed by atoms with E-state index in [0.29, 0.717) is 24.1 Å². The number of alkyl halides is 3. The number of carbonyl (C=O) groups is 1. The van der Waals surface area contributed by atoms with Gasteiger partial charge in [-0.2, -0.15) is 18.2 Å². The second-order valence-electron chi connectivity index (χ2n) is 9.05. The Morgan fingerprint density at radius 3 is 2.46 bits per heavy atom. The molecule has 1 aliphatic rings. The third kappa shape index (κ3) is 5.80. The third-order valence-corrected chi connectivity index (χ3v) is 6.28. The summed E-state index contributed by atoms with van der Waals surface area (Å²) in [5, 5.41) is 6.98. The number of amides is 1. The molecule has 0 saturated heterocycles. The van der Waals surface area contributed by atoms with Gasteiger partial charge < -0.3 is 15.5 Å². The SMILES string of the molecule is CN(C)c1nc(N[C@H]2CC[C@@H](CNC(=O)c3cc(C(F)(F)F)ccc3F)CC2)nc2ccccc12. The van der Waals surface area contributed by atoms with Gasteiger partial charge in [-0.25, -0.2) is 9.37 Å². The summed E-state index contributed by atoms with van der Waals surface area (Å²) in [6.45, 7) is 0.276. The molecule has 10 heteroatoms. The highest BCUT2D eigenvalue weighted by Gasteiger charge is 2.32. The third-order valence-electron chi connectivity index (χ3n) is 6.28. The summed E-state index contributed by atoms with van der Waals surface area (Å²) in [7, 11) is 3.87. The molecule has 1 amide bonds. The van der Waals surface area contributed by atoms with Crippen molar-refractivity contribution in [1.29, 1.82) is 0 Å². The highest BCUT2D eigenvalue weighted by Crippen LogP contribution is 2.31. The van der Waals surface area contributed by atoms with Crippen LogP contribution in [0.2, 0.25) is 0 Å². The Labute approximate surface area is 200 Å². The Kier molecular flexibility index (Phi) is 7.09. The molecule has 0 atom stereocenters. The first-order chi connectivity index (χ1) is 16.6. The zero-order valence-corrected chi connectivity index (χ0v) is 19.5. The molecule has 0 bridgehead atoms. The van der Waals surface area contributed by atoms with Crippen LogP contribution in [0.5, 0.6) is 0 Å². The van der Waals surface area contributed by atoms with Gasteiger partial charge >= 0.3 is 6.18 Å². The van der Waals surface area contributed by atoms with Crippen LogP contribution in [0.1, 0.15) is 41.6 Å². The lowest BCUT2D eigenvalue weighted by Crippen LogP contribution is -2.34. The molecule has 4 rings (SSSR count). The largest absolute Gasteiger partial charge is 0.416 e. The molecule has 1 aliphatic carbocycles. The van der Waals surface area contributed by atoms with Crippen LogP contribution >= 0.6 is 0 Å². The summed E-state index contributed by atoms with van der Waals surface area (Å²) in [5.41, 5.74) is -0.795. The van der Waals surface area contributed by atoms with Gasteiger partial charge in [0.2, 0.25) is 5.95 Å². The van der Waals surface area contributed by atoms with Crippen LogP contribution in [0.4, 0.5) is 29.3 Å². The van der Waals surface area contributed by atoms with Crippen molar-refractivity contribution >= 4 is 28.6 Å². The lowest BCUT2D eigenvalue weighted by atomic mass is 9.86. The van der Waals surface area contributed by atoms with E-state index in [2.05, 4.69) is 20.6 Å². The van der Waals surface area contributed by atoms with Gasteiger partial charge in [0.15, 0.2) is 0 Å². The van der Waals surface area contributed by atoms with Crippen LogP contribution in [-0.4, -0.2) is 42.6 Å². The number of hydrogen-bond donors (Lipinski definition) is 2. The normalized spacial score (nSPS) is 18.3. The number of nitrogens with zero attached hydrogens (tertiary/aromatic N) is 3. The number of rotatable bonds is 6. The summed E-state index contributed by atoms with van der Waals surface area (Å²) in [5.74, 6) is -0.272. The molecule has 1 fully saturated rings. The maximum absolute atomic E-state index is 14.0. The molecular formula is C25H27F4N5O. The van der Waals surface area contributed by atoms with Gasteiger partial charge in [0.1, 0.15) is 11.6 Å². The summed E-state index contributed by atoms with van der Waals surface area (Å²) in [6.07, 6.45) is -1.39. The van der Waals surface area contributed by atoms with Crippen molar-refractivity contribution in [3.05, 3.63) is 59.4 Å². The standard InChI is InChI=1S/C25H27F4N5O/c1-34(2)22-18-5-3-4-6-21(18)32-24(33-22)31-17-10-7-15(8-11-17)14-30-23(35)19-13-16(25(27,28)29)9-12-20(19)26/h3-6,9,12-13,15,17H,7-8,10-11,14H2,1-2H3,(H,30,35)(H,31,32,33)/t15-,17+. The highest BCUT2D eigenvalue weighted by molar-refractivity contribution is 5.94. The van der Waals surface area contributed by atoms with E-state index in [4.69, 9.17) is 0 Å². The number of benzene rings is 2. The average Bonchev–Trinajstić information content (AvgIpc) is 2.82. The molecule has 186 valence electrons. The number of carbonyl (C=O) groups excluding carboxylic acids is 1. The molecule has 0 aliphatic heterocycles. The Hall–Kier alpha value is -3.43. The van der Waals surface area contributed by atoms with Crippen LogP contribution in [0, 0.1) is 11.7 Å². The Morgan fingerprint density at radius 1 is 1.06 bits per heavy atom. The molecule has 3 aromatic rings. The van der Waals surface area contributed by atoms with Gasteiger partial charge in [0, 0.05) is 32.1 Å². The van der Waals surface area contributed by atoms with Crippen molar-refractivity contribution in [2.24, 2.45) is 5.92 Å². The number of nitrogens with one attached hydrogen (secondary N) is 2. The quantitative estimate of drug-likeness (QED) is 0.463. The van der Waals surface area contributed by atoms with Crippen molar-refractivity contribution in [2.75, 3.05) is 30.9 Å². The first-order valence-corrected chi connectivity index (χ1v) is 11.5. The second kappa shape index (κ2) is 10.1. The van der Waals surface area contributed by atoms with E-state index in [1.165, 1.54) is 0 Å². The fraction of sp³-hybridized carbons (Fsp3) is 0.400. The molecule has 0 spiro atoms. The molecule has 2 aromatic carbocycles. The van der Waals surface area contributed by atoms with Crippen molar-refractivity contribution in [3.63, 3.8) is 0 Å². The van der Waals surface area contributed by atoms with Gasteiger partial charge in [-0.15, -0.1) is 0 Å². The molecule has 35 heavy (non-hydrogen) atoms. The van der Waals surface area contributed by atoms with E-state index < -0.39 is 29.0 Å². The first-order valence-electron chi connectivity index (χ1n) is 11.5. The first kappa shape index (κ1) is 24.7. The Bertz CT molecular complexity index is 1210. The van der Waals surface area contributed by atoms with E-state index in [1.54, 1.807) is 0 Å². The van der Waals surface area contributed by atoms with E-state index in [-0.39, 0.29) is 18.5 Å². The van der Waals surface area contributed by atoms with Crippen molar-refractivity contribution < 1.29 is 22.4 Å². The van der Waals surface area contributed by atoms with E-state index >= 15 is 0 Å². The maximum Gasteiger partial charge on any atom is 0.416 e. The molecule has 2 N–H and O–H groups in total. The summed E-state index contributed by atoms with van der Waals surface area (Å²) < 4.78 is 52.7. The van der Waals surface area contributed by atoms with E-state index in [1.807, 2.05) is 43.3 Å². The molecule has 0 unspecified atom stereocenters. The van der Waals surface area contributed by atoms with Crippen LogP contribution in [0.25, 0.3) is 10.9 Å². The zero-order valence-electron chi connectivity index (χ0n) is 19.5. The summed E-state index contributed by atoms with van der Waals surface area (Å²) >= 11 is 0. The molecule has 1 saturated carbocycles. The Morgan fingerprint density at radius 2 is 1.77 bits per heavy atom. The van der Waals surface area contributed by atoms with Gasteiger partial charge in [0.05, 0.1) is 16.6 Å². The number of halogens is 4. The minimum atomic E-state index is -4.64. The summed E-state index contributed by atoms with van der Waals surface area (Å²) in [4.78, 5) is 23.6. The summed E-state index contributed by atoms with van der Waals surface area (Å²) in [6, 6.07) is 9.83. The number of para-hydroxylation sites is 1. The fourth-order valence-electron chi connectivity index (χ4n) is 4.37. The monoisotopic (exact) mass is 489 g/mol. The number of aromatic nitrogens is 2. The molecule has 0 radical (unpaired) electrons. The lowest BCUT2D eigenvalue weighted by Gasteiger charge is -2.29. The predicted molar refractivity (Wildman–Crippen MR) is 127 cm³/mol. The maximum atomic E-state index is 14.0. The lowest BCUT2D eigenvalue weighted by molar-refractivity contribution is -0.137. The predicted octanol–water partition coefficient (Wildman–Crippen LogP) is 5.25. The number of anilines is 2. The Balaban J connectivity index is 1.33. The van der Waals surface area contributed by atoms with E-state index in [0.717, 1.165) is 42.4 Å². The smallest absolute Gasteiger partial charge is 0.362 e. The van der Waals surface area contributed by atoms with Crippen molar-refractivity contribution in [2.45, 2.75) is 37.9 Å².